The van der Waals surface area contributed by atoms with Crippen molar-refractivity contribution in [2.75, 3.05) is 24.6 Å². The molecule has 0 bridgehead atoms. The summed E-state index contributed by atoms with van der Waals surface area (Å²) in [5, 5.41) is 9.66. The smallest absolute Gasteiger partial charge is 0.129 e. The molecule has 1 aromatic rings. The third kappa shape index (κ3) is 2.89. The first-order valence-corrected chi connectivity index (χ1v) is 6.05. The molecule has 94 valence electrons. The van der Waals surface area contributed by atoms with Crippen molar-refractivity contribution in [2.45, 2.75) is 26.1 Å². The molecular weight excluding hydrogens is 240 g/mol. The molecule has 1 fully saturated rings. The molecule has 0 aliphatic carbocycles. The molecule has 4 nitrogen and oxygen atoms in total. The number of nitrogens with zero attached hydrogens (tertiary/aromatic N) is 2. The van der Waals surface area contributed by atoms with Gasteiger partial charge >= 0.3 is 0 Å². The van der Waals surface area contributed by atoms with E-state index in [4.69, 9.17) is 21.4 Å². The topological polar surface area (TPSA) is 45.6 Å². The van der Waals surface area contributed by atoms with E-state index in [-0.39, 0.29) is 12.2 Å². The molecule has 1 aliphatic heterocycles. The maximum absolute atomic E-state index is 9.15. The standard InChI is InChI=1S/C12H17ClN2O2/c1-12(2)8-15(5-6-17-12)11-4-3-9(13)10(7-16)14-11/h3-4,16H,5-8H2,1-2H3. The Balaban J connectivity index is 2.22. The van der Waals surface area contributed by atoms with Gasteiger partial charge in [-0.15, -0.1) is 0 Å². The summed E-state index contributed by atoms with van der Waals surface area (Å²) < 4.78 is 5.65. The summed E-state index contributed by atoms with van der Waals surface area (Å²) in [6.07, 6.45) is 0. The van der Waals surface area contributed by atoms with Gasteiger partial charge in [0.25, 0.3) is 0 Å². The number of pyridine rings is 1. The van der Waals surface area contributed by atoms with E-state index < -0.39 is 0 Å². The maximum atomic E-state index is 9.15. The van der Waals surface area contributed by atoms with Gasteiger partial charge in [-0.05, 0) is 26.0 Å². The molecule has 0 atom stereocenters. The number of ether oxygens (including phenoxy) is 1. The quantitative estimate of drug-likeness (QED) is 0.877. The van der Waals surface area contributed by atoms with E-state index in [1.165, 1.54) is 0 Å². The molecule has 2 heterocycles. The fraction of sp³-hybridized carbons (Fsp3) is 0.583. The number of aliphatic hydroxyl groups excluding tert-OH is 1. The van der Waals surface area contributed by atoms with Crippen LogP contribution in [0.2, 0.25) is 5.02 Å². The predicted octanol–water partition coefficient (Wildman–Crippen LogP) is 1.84. The summed E-state index contributed by atoms with van der Waals surface area (Å²) in [4.78, 5) is 6.52. The number of anilines is 1. The number of aliphatic hydroxyl groups is 1. The molecule has 0 saturated carbocycles. The summed E-state index contributed by atoms with van der Waals surface area (Å²) in [5.41, 5.74) is 0.354. The zero-order chi connectivity index (χ0) is 12.5. The second-order valence-electron chi connectivity index (χ2n) is 4.79. The Labute approximate surface area is 106 Å². The Morgan fingerprint density at radius 2 is 2.29 bits per heavy atom. The summed E-state index contributed by atoms with van der Waals surface area (Å²) in [7, 11) is 0. The van der Waals surface area contributed by atoms with Crippen molar-refractivity contribution in [1.29, 1.82) is 0 Å². The summed E-state index contributed by atoms with van der Waals surface area (Å²) in [5.74, 6) is 0.842. The lowest BCUT2D eigenvalue weighted by Gasteiger charge is -2.38. The highest BCUT2D eigenvalue weighted by atomic mass is 35.5. The van der Waals surface area contributed by atoms with Crippen LogP contribution in [0, 0.1) is 0 Å². The molecule has 0 spiro atoms. The van der Waals surface area contributed by atoms with Gasteiger partial charge in [0.15, 0.2) is 0 Å². The average Bonchev–Trinajstić information content (AvgIpc) is 2.28. The van der Waals surface area contributed by atoms with Crippen molar-refractivity contribution < 1.29 is 9.84 Å². The van der Waals surface area contributed by atoms with Gasteiger partial charge < -0.3 is 14.7 Å². The van der Waals surface area contributed by atoms with Crippen molar-refractivity contribution in [2.24, 2.45) is 0 Å². The number of rotatable bonds is 2. The molecule has 1 aliphatic rings. The normalized spacial score (nSPS) is 19.4. The van der Waals surface area contributed by atoms with E-state index >= 15 is 0 Å². The first-order chi connectivity index (χ1) is 8.02. The molecule has 0 aromatic carbocycles. The molecule has 17 heavy (non-hydrogen) atoms. The Morgan fingerprint density at radius 3 is 2.94 bits per heavy atom. The van der Waals surface area contributed by atoms with Gasteiger partial charge in [0.1, 0.15) is 5.82 Å². The van der Waals surface area contributed by atoms with E-state index in [0.717, 1.165) is 18.9 Å². The van der Waals surface area contributed by atoms with E-state index in [1.54, 1.807) is 6.07 Å². The van der Waals surface area contributed by atoms with E-state index in [2.05, 4.69) is 23.7 Å². The zero-order valence-corrected chi connectivity index (χ0v) is 10.9. The minimum Gasteiger partial charge on any atom is -0.390 e. The predicted molar refractivity (Wildman–Crippen MR) is 67.4 cm³/mol. The molecule has 1 N–H and O–H groups in total. The number of halogens is 1. The highest BCUT2D eigenvalue weighted by Crippen LogP contribution is 2.24. The van der Waals surface area contributed by atoms with Crippen LogP contribution in [0.4, 0.5) is 5.82 Å². The van der Waals surface area contributed by atoms with Crippen LogP contribution in [0.15, 0.2) is 12.1 Å². The van der Waals surface area contributed by atoms with E-state index in [0.29, 0.717) is 17.3 Å². The fourth-order valence-electron chi connectivity index (χ4n) is 1.97. The number of hydrogen-bond donors (Lipinski definition) is 1. The van der Waals surface area contributed by atoms with Crippen LogP contribution in [0.5, 0.6) is 0 Å². The van der Waals surface area contributed by atoms with Crippen LogP contribution in [-0.4, -0.2) is 35.4 Å². The van der Waals surface area contributed by atoms with Crippen molar-refractivity contribution in [3.63, 3.8) is 0 Å². The highest BCUT2D eigenvalue weighted by molar-refractivity contribution is 6.31. The number of hydrogen-bond acceptors (Lipinski definition) is 4. The Hall–Kier alpha value is -0.840. The van der Waals surface area contributed by atoms with Gasteiger partial charge in [0, 0.05) is 13.1 Å². The Bertz CT molecular complexity index is 409. The summed E-state index contributed by atoms with van der Waals surface area (Å²) >= 11 is 5.93. The minimum atomic E-state index is -0.168. The van der Waals surface area contributed by atoms with Gasteiger partial charge in [0.05, 0.1) is 29.5 Å². The summed E-state index contributed by atoms with van der Waals surface area (Å²) in [6, 6.07) is 3.65. The first-order valence-electron chi connectivity index (χ1n) is 5.67. The molecule has 0 unspecified atom stereocenters. The average molecular weight is 257 g/mol. The van der Waals surface area contributed by atoms with Gasteiger partial charge in [-0.25, -0.2) is 4.98 Å². The van der Waals surface area contributed by atoms with Crippen LogP contribution >= 0.6 is 11.6 Å². The third-order valence-corrected chi connectivity index (χ3v) is 3.15. The van der Waals surface area contributed by atoms with Crippen LogP contribution in [-0.2, 0) is 11.3 Å². The van der Waals surface area contributed by atoms with Gasteiger partial charge in [0.2, 0.25) is 0 Å². The van der Waals surface area contributed by atoms with Gasteiger partial charge in [-0.3, -0.25) is 0 Å². The van der Waals surface area contributed by atoms with Crippen molar-refractivity contribution in [3.05, 3.63) is 22.8 Å². The number of aromatic nitrogens is 1. The Kier molecular flexibility index (Phi) is 3.56. The monoisotopic (exact) mass is 256 g/mol. The molecule has 5 heteroatoms. The second-order valence-corrected chi connectivity index (χ2v) is 5.19. The lowest BCUT2D eigenvalue weighted by molar-refractivity contribution is -0.0279. The van der Waals surface area contributed by atoms with Crippen molar-refractivity contribution >= 4 is 17.4 Å². The largest absolute Gasteiger partial charge is 0.390 e. The van der Waals surface area contributed by atoms with E-state index in [1.807, 2.05) is 6.07 Å². The molecule has 1 saturated heterocycles. The summed E-state index contributed by atoms with van der Waals surface area (Å²) in [6.45, 7) is 6.26. The fourth-order valence-corrected chi connectivity index (χ4v) is 2.14. The molecule has 0 amide bonds. The van der Waals surface area contributed by atoms with Crippen LogP contribution in [0.3, 0.4) is 0 Å². The first kappa shape index (κ1) is 12.6. The highest BCUT2D eigenvalue weighted by Gasteiger charge is 2.28. The Morgan fingerprint density at radius 1 is 1.53 bits per heavy atom. The minimum absolute atomic E-state index is 0.138. The van der Waals surface area contributed by atoms with Gasteiger partial charge in [-0.1, -0.05) is 11.6 Å². The van der Waals surface area contributed by atoms with Crippen molar-refractivity contribution in [1.82, 2.24) is 4.98 Å². The van der Waals surface area contributed by atoms with Crippen molar-refractivity contribution in [3.8, 4) is 0 Å². The van der Waals surface area contributed by atoms with Crippen LogP contribution in [0.1, 0.15) is 19.5 Å². The maximum Gasteiger partial charge on any atom is 0.129 e. The van der Waals surface area contributed by atoms with E-state index in [9.17, 15) is 0 Å². The zero-order valence-electron chi connectivity index (χ0n) is 10.1. The SMILES string of the molecule is CC1(C)CN(c2ccc(Cl)c(CO)n2)CCO1. The number of morpholine rings is 1. The lowest BCUT2D eigenvalue weighted by atomic mass is 10.1. The van der Waals surface area contributed by atoms with Gasteiger partial charge in [-0.2, -0.15) is 0 Å². The third-order valence-electron chi connectivity index (χ3n) is 2.80. The second kappa shape index (κ2) is 4.80. The molecule has 0 radical (unpaired) electrons. The molecule has 1 aromatic heterocycles. The van der Waals surface area contributed by atoms with Crippen LogP contribution < -0.4 is 4.90 Å². The van der Waals surface area contributed by atoms with Crippen LogP contribution in [0.25, 0.3) is 0 Å². The molecule has 2 rings (SSSR count). The molecular formula is C12H17ClN2O2. The lowest BCUT2D eigenvalue weighted by Crippen LogP contribution is -2.48.